The van der Waals surface area contributed by atoms with E-state index < -0.39 is 0 Å². The monoisotopic (exact) mass is 257 g/mol. The van der Waals surface area contributed by atoms with Crippen molar-refractivity contribution in [1.82, 2.24) is 9.80 Å². The van der Waals surface area contributed by atoms with Gasteiger partial charge < -0.3 is 10.6 Å². The molecule has 17 heavy (non-hydrogen) atoms. The van der Waals surface area contributed by atoms with Crippen molar-refractivity contribution in [3.8, 4) is 0 Å². The third-order valence-corrected chi connectivity index (χ3v) is 4.24. The number of likely N-dealkylation sites (N-methyl/N-ethyl adjacent to an activating group) is 1. The first-order valence-corrected chi connectivity index (χ1v) is 6.69. The zero-order valence-corrected chi connectivity index (χ0v) is 11.8. The largest absolute Gasteiger partial charge is 0.392 e. The molecule has 0 atom stereocenters. The van der Waals surface area contributed by atoms with E-state index in [-0.39, 0.29) is 11.4 Å². The molecule has 1 heterocycles. The Morgan fingerprint density at radius 2 is 1.82 bits per heavy atom. The molecule has 0 aromatic heterocycles. The van der Waals surface area contributed by atoms with Crippen molar-refractivity contribution in [2.24, 2.45) is 5.73 Å². The smallest absolute Gasteiger partial charge is 0.219 e. The van der Waals surface area contributed by atoms with Gasteiger partial charge in [0.05, 0.1) is 10.5 Å². The predicted octanol–water partition coefficient (Wildman–Crippen LogP) is 0.995. The number of piperidine rings is 1. The molecule has 0 unspecified atom stereocenters. The fourth-order valence-corrected chi connectivity index (χ4v) is 3.07. The number of amides is 1. The quantitative estimate of drug-likeness (QED) is 0.763. The average Bonchev–Trinajstić information content (AvgIpc) is 2.30. The van der Waals surface area contributed by atoms with Gasteiger partial charge in [-0.1, -0.05) is 26.1 Å². The molecule has 0 aliphatic carbocycles. The molecule has 1 fully saturated rings. The molecule has 0 radical (unpaired) electrons. The van der Waals surface area contributed by atoms with E-state index in [2.05, 4.69) is 18.7 Å². The molecule has 0 aromatic rings. The summed E-state index contributed by atoms with van der Waals surface area (Å²) in [6.07, 6.45) is 1.70. The van der Waals surface area contributed by atoms with Gasteiger partial charge in [-0.15, -0.1) is 0 Å². The van der Waals surface area contributed by atoms with Crippen LogP contribution in [0.4, 0.5) is 0 Å². The molecule has 1 rings (SSSR count). The minimum absolute atomic E-state index is 0.140. The zero-order valence-electron chi connectivity index (χ0n) is 11.0. The lowest BCUT2D eigenvalue weighted by molar-refractivity contribution is -0.130. The number of rotatable bonds is 4. The van der Waals surface area contributed by atoms with Crippen molar-refractivity contribution in [3.63, 3.8) is 0 Å². The number of nitrogens with two attached hydrogens (primary N) is 1. The van der Waals surface area contributed by atoms with Crippen LogP contribution in [0.25, 0.3) is 0 Å². The Morgan fingerprint density at radius 3 is 2.12 bits per heavy atom. The second kappa shape index (κ2) is 5.78. The molecular formula is C12H23N3OS. The molecule has 98 valence electrons. The summed E-state index contributed by atoms with van der Waals surface area (Å²) in [5, 5.41) is 0. The molecule has 5 heteroatoms. The molecular weight excluding hydrogens is 234 g/mol. The van der Waals surface area contributed by atoms with Crippen LogP contribution in [-0.4, -0.2) is 52.4 Å². The van der Waals surface area contributed by atoms with Crippen LogP contribution in [0, 0.1) is 0 Å². The molecule has 0 aromatic carbocycles. The molecule has 1 aliphatic rings. The molecule has 2 N–H and O–H groups in total. The van der Waals surface area contributed by atoms with Crippen LogP contribution in [0.1, 0.15) is 33.6 Å². The molecule has 4 nitrogen and oxygen atoms in total. The van der Waals surface area contributed by atoms with E-state index in [0.717, 1.165) is 39.0 Å². The Hall–Kier alpha value is -0.680. The number of likely N-dealkylation sites (tertiary alicyclic amines) is 1. The van der Waals surface area contributed by atoms with Gasteiger partial charge in [0.2, 0.25) is 5.91 Å². The summed E-state index contributed by atoms with van der Waals surface area (Å²) in [6, 6.07) is 0. The van der Waals surface area contributed by atoms with Crippen molar-refractivity contribution in [2.75, 3.05) is 26.2 Å². The van der Waals surface area contributed by atoms with Crippen molar-refractivity contribution in [3.05, 3.63) is 0 Å². The van der Waals surface area contributed by atoms with Gasteiger partial charge in [0.1, 0.15) is 0 Å². The molecule has 1 amide bonds. The van der Waals surface area contributed by atoms with Crippen molar-refractivity contribution >= 4 is 23.1 Å². The normalized spacial score (nSPS) is 19.4. The maximum absolute atomic E-state index is 11.3. The number of carbonyl (C=O) groups is 1. The summed E-state index contributed by atoms with van der Waals surface area (Å²) in [4.78, 5) is 16.1. The molecule has 1 aliphatic heterocycles. The van der Waals surface area contributed by atoms with Crippen LogP contribution in [0.15, 0.2) is 0 Å². The van der Waals surface area contributed by atoms with Crippen LogP contribution in [0.2, 0.25) is 0 Å². The molecule has 0 spiro atoms. The first kappa shape index (κ1) is 14.4. The average molecular weight is 257 g/mol. The van der Waals surface area contributed by atoms with E-state index >= 15 is 0 Å². The number of carbonyl (C=O) groups excluding carboxylic acids is 1. The first-order valence-electron chi connectivity index (χ1n) is 6.28. The van der Waals surface area contributed by atoms with Gasteiger partial charge in [0.15, 0.2) is 0 Å². The van der Waals surface area contributed by atoms with Gasteiger partial charge in [0, 0.05) is 20.0 Å². The number of hydrogen-bond donors (Lipinski definition) is 1. The summed E-state index contributed by atoms with van der Waals surface area (Å²) in [7, 11) is 0. The highest BCUT2D eigenvalue weighted by Gasteiger charge is 2.41. The molecule has 0 bridgehead atoms. The SMILES string of the molecule is CCN(CC)C1(C(N)=S)CCN(C(C)=O)CC1. The number of nitrogens with zero attached hydrogens (tertiary/aromatic N) is 2. The molecule has 0 saturated carbocycles. The van der Waals surface area contributed by atoms with Gasteiger partial charge in [-0.25, -0.2) is 0 Å². The Labute approximate surface area is 109 Å². The Morgan fingerprint density at radius 1 is 1.35 bits per heavy atom. The summed E-state index contributed by atoms with van der Waals surface area (Å²) in [5.41, 5.74) is 5.77. The van der Waals surface area contributed by atoms with Gasteiger partial charge in [-0.2, -0.15) is 0 Å². The van der Waals surface area contributed by atoms with Gasteiger partial charge in [-0.3, -0.25) is 9.69 Å². The zero-order chi connectivity index (χ0) is 13.1. The van der Waals surface area contributed by atoms with Gasteiger partial charge in [0.25, 0.3) is 0 Å². The fraction of sp³-hybridized carbons (Fsp3) is 0.833. The second-order valence-electron chi connectivity index (χ2n) is 4.57. The van der Waals surface area contributed by atoms with Crippen LogP contribution >= 0.6 is 12.2 Å². The third-order valence-electron chi connectivity index (χ3n) is 3.86. The van der Waals surface area contributed by atoms with E-state index in [1.807, 2.05) is 4.90 Å². The van der Waals surface area contributed by atoms with E-state index in [9.17, 15) is 4.79 Å². The standard InChI is InChI=1S/C12H23N3OS/c1-4-15(5-2)12(11(13)17)6-8-14(9-7-12)10(3)16/h4-9H2,1-3H3,(H2,13,17). The minimum Gasteiger partial charge on any atom is -0.392 e. The number of thiocarbonyl (C=S) groups is 1. The van der Waals surface area contributed by atoms with Crippen molar-refractivity contribution in [1.29, 1.82) is 0 Å². The van der Waals surface area contributed by atoms with Crippen LogP contribution in [0.3, 0.4) is 0 Å². The number of hydrogen-bond acceptors (Lipinski definition) is 3. The highest BCUT2D eigenvalue weighted by molar-refractivity contribution is 7.80. The Kier molecular flexibility index (Phi) is 4.89. The van der Waals surface area contributed by atoms with E-state index in [1.54, 1.807) is 6.92 Å². The summed E-state index contributed by atoms with van der Waals surface area (Å²) >= 11 is 5.27. The summed E-state index contributed by atoms with van der Waals surface area (Å²) in [5.74, 6) is 0.140. The third kappa shape index (κ3) is 2.77. The lowest BCUT2D eigenvalue weighted by Gasteiger charge is -2.47. The van der Waals surface area contributed by atoms with Gasteiger partial charge >= 0.3 is 0 Å². The topological polar surface area (TPSA) is 49.6 Å². The molecule has 1 saturated heterocycles. The van der Waals surface area contributed by atoms with E-state index in [0.29, 0.717) is 4.99 Å². The first-order chi connectivity index (χ1) is 7.97. The summed E-state index contributed by atoms with van der Waals surface area (Å²) in [6.45, 7) is 9.25. The maximum atomic E-state index is 11.3. The van der Waals surface area contributed by atoms with Crippen LogP contribution in [0.5, 0.6) is 0 Å². The fourth-order valence-electron chi connectivity index (χ4n) is 2.74. The van der Waals surface area contributed by atoms with Crippen LogP contribution < -0.4 is 5.73 Å². The lowest BCUT2D eigenvalue weighted by atomic mass is 9.85. The minimum atomic E-state index is -0.190. The predicted molar refractivity (Wildman–Crippen MR) is 73.9 cm³/mol. The second-order valence-corrected chi connectivity index (χ2v) is 5.01. The highest BCUT2D eigenvalue weighted by Crippen LogP contribution is 2.29. The Balaban J connectivity index is 2.83. The maximum Gasteiger partial charge on any atom is 0.219 e. The van der Waals surface area contributed by atoms with Crippen molar-refractivity contribution in [2.45, 2.75) is 39.2 Å². The summed E-state index contributed by atoms with van der Waals surface area (Å²) < 4.78 is 0. The lowest BCUT2D eigenvalue weighted by Crippen LogP contribution is -2.62. The van der Waals surface area contributed by atoms with E-state index in [1.165, 1.54) is 0 Å². The van der Waals surface area contributed by atoms with Gasteiger partial charge in [-0.05, 0) is 25.9 Å². The Bertz CT molecular complexity index is 294. The van der Waals surface area contributed by atoms with Crippen molar-refractivity contribution < 1.29 is 4.79 Å². The van der Waals surface area contributed by atoms with E-state index in [4.69, 9.17) is 18.0 Å². The van der Waals surface area contributed by atoms with Crippen LogP contribution in [-0.2, 0) is 4.79 Å². The highest BCUT2D eigenvalue weighted by atomic mass is 32.1.